The Kier molecular flexibility index (Phi) is 5.31. The second kappa shape index (κ2) is 6.27. The summed E-state index contributed by atoms with van der Waals surface area (Å²) < 4.78 is 0. The van der Waals surface area contributed by atoms with Gasteiger partial charge in [-0.15, -0.1) is 23.5 Å². The van der Waals surface area contributed by atoms with E-state index >= 15 is 0 Å². The van der Waals surface area contributed by atoms with Gasteiger partial charge >= 0.3 is 11.9 Å². The summed E-state index contributed by atoms with van der Waals surface area (Å²) in [5, 5.41) is 17.7. The van der Waals surface area contributed by atoms with Crippen molar-refractivity contribution in [3.63, 3.8) is 0 Å². The largest absolute Gasteiger partial charge is 0.481 e. The van der Waals surface area contributed by atoms with Crippen LogP contribution >= 0.6 is 23.5 Å². The van der Waals surface area contributed by atoms with Crippen LogP contribution in [0.25, 0.3) is 0 Å². The van der Waals surface area contributed by atoms with E-state index in [1.165, 1.54) is 23.5 Å². The molecule has 0 radical (unpaired) electrons. The van der Waals surface area contributed by atoms with Crippen LogP contribution in [0.2, 0.25) is 0 Å². The van der Waals surface area contributed by atoms with Crippen molar-refractivity contribution in [3.05, 3.63) is 0 Å². The molecule has 1 saturated carbocycles. The van der Waals surface area contributed by atoms with E-state index < -0.39 is 11.9 Å². The van der Waals surface area contributed by atoms with Gasteiger partial charge in [-0.2, -0.15) is 0 Å². The van der Waals surface area contributed by atoms with Crippen molar-refractivity contribution in [2.45, 2.75) is 29.8 Å². The van der Waals surface area contributed by atoms with Crippen molar-refractivity contribution in [1.82, 2.24) is 0 Å². The first-order chi connectivity index (χ1) is 7.09. The van der Waals surface area contributed by atoms with Crippen LogP contribution in [0.5, 0.6) is 0 Å². The van der Waals surface area contributed by atoms with E-state index in [1.54, 1.807) is 0 Å². The molecule has 0 spiro atoms. The Morgan fingerprint density at radius 2 is 1.40 bits per heavy atom. The van der Waals surface area contributed by atoms with Crippen LogP contribution in [0.15, 0.2) is 0 Å². The average molecular weight is 250 g/mol. The summed E-state index contributed by atoms with van der Waals surface area (Å²) >= 11 is 2.88. The predicted octanol–water partition coefficient (Wildman–Crippen LogP) is 1.54. The van der Waals surface area contributed by atoms with Gasteiger partial charge in [0, 0.05) is 10.5 Å². The third-order valence-electron chi connectivity index (χ3n) is 2.23. The smallest absolute Gasteiger partial charge is 0.313 e. The molecule has 0 aromatic carbocycles. The molecule has 0 amide bonds. The summed E-state index contributed by atoms with van der Waals surface area (Å²) in [5.74, 6) is -1.35. The molecule has 15 heavy (non-hydrogen) atoms. The number of hydrogen-bond acceptors (Lipinski definition) is 4. The van der Waals surface area contributed by atoms with Gasteiger partial charge in [0.05, 0.1) is 11.5 Å². The third-order valence-corrected chi connectivity index (χ3v) is 5.22. The summed E-state index contributed by atoms with van der Waals surface area (Å²) in [7, 11) is 0. The van der Waals surface area contributed by atoms with E-state index in [2.05, 4.69) is 0 Å². The molecule has 86 valence electrons. The van der Waals surface area contributed by atoms with Gasteiger partial charge in [-0.1, -0.05) is 6.42 Å². The number of rotatable bonds is 6. The van der Waals surface area contributed by atoms with Crippen molar-refractivity contribution in [2.24, 2.45) is 0 Å². The topological polar surface area (TPSA) is 74.6 Å². The minimum atomic E-state index is -0.797. The lowest BCUT2D eigenvalue weighted by Crippen LogP contribution is -2.17. The van der Waals surface area contributed by atoms with Gasteiger partial charge in [-0.25, -0.2) is 0 Å². The lowest BCUT2D eigenvalue weighted by molar-refractivity contribution is -0.135. The average Bonchev–Trinajstić information content (AvgIpc) is 2.58. The van der Waals surface area contributed by atoms with Gasteiger partial charge in [-0.05, 0) is 12.8 Å². The van der Waals surface area contributed by atoms with Crippen molar-refractivity contribution in [2.75, 3.05) is 11.5 Å². The lowest BCUT2D eigenvalue weighted by atomic mass is 10.4. The second-order valence-corrected chi connectivity index (χ2v) is 5.87. The fourth-order valence-corrected chi connectivity index (χ4v) is 4.18. The maximum atomic E-state index is 10.4. The summed E-state index contributed by atoms with van der Waals surface area (Å²) in [6.45, 7) is 0. The Labute approximate surface area is 96.8 Å². The standard InChI is InChI=1S/C9H14O4S2/c10-8(11)4-14-6-2-1-3-7(6)15-5-9(12)13/h6-7H,1-5H2,(H,10,11)(H,12,13). The fourth-order valence-electron chi connectivity index (χ4n) is 1.63. The maximum absolute atomic E-state index is 10.4. The Hall–Kier alpha value is -0.360. The van der Waals surface area contributed by atoms with Crippen molar-refractivity contribution < 1.29 is 19.8 Å². The highest BCUT2D eigenvalue weighted by atomic mass is 32.2. The molecular weight excluding hydrogens is 236 g/mol. The highest BCUT2D eigenvalue weighted by Crippen LogP contribution is 2.37. The molecule has 0 aromatic rings. The molecule has 2 N–H and O–H groups in total. The van der Waals surface area contributed by atoms with Gasteiger partial charge in [0.25, 0.3) is 0 Å². The van der Waals surface area contributed by atoms with E-state index in [0.29, 0.717) is 10.5 Å². The Morgan fingerprint density at radius 3 is 1.73 bits per heavy atom. The van der Waals surface area contributed by atoms with Crippen LogP contribution in [0, 0.1) is 0 Å². The molecule has 2 unspecified atom stereocenters. The molecule has 6 heteroatoms. The SMILES string of the molecule is O=C(O)CSC1CCCC1SCC(=O)O. The summed E-state index contributed by atoms with van der Waals surface area (Å²) in [6, 6.07) is 0. The Balaban J connectivity index is 2.29. The summed E-state index contributed by atoms with van der Waals surface area (Å²) in [5.41, 5.74) is 0. The molecular formula is C9H14O4S2. The number of carbonyl (C=O) groups is 2. The van der Waals surface area contributed by atoms with Crippen LogP contribution in [0.3, 0.4) is 0 Å². The van der Waals surface area contributed by atoms with Crippen molar-refractivity contribution in [3.8, 4) is 0 Å². The zero-order chi connectivity index (χ0) is 11.3. The van der Waals surface area contributed by atoms with E-state index in [-0.39, 0.29) is 11.5 Å². The third kappa shape index (κ3) is 4.79. The number of thioether (sulfide) groups is 2. The number of carboxylic acids is 2. The molecule has 1 aliphatic carbocycles. The van der Waals surface area contributed by atoms with Gasteiger partial charge in [0.15, 0.2) is 0 Å². The minimum absolute atomic E-state index is 0.120. The Morgan fingerprint density at radius 1 is 1.00 bits per heavy atom. The second-order valence-electron chi connectivity index (χ2n) is 3.42. The molecule has 1 aliphatic rings. The zero-order valence-electron chi connectivity index (χ0n) is 8.22. The molecule has 1 rings (SSSR count). The first-order valence-electron chi connectivity index (χ1n) is 4.76. The first kappa shape index (κ1) is 12.7. The van der Waals surface area contributed by atoms with Gasteiger partial charge < -0.3 is 10.2 Å². The van der Waals surface area contributed by atoms with Gasteiger partial charge in [0.2, 0.25) is 0 Å². The maximum Gasteiger partial charge on any atom is 0.313 e. The molecule has 0 saturated heterocycles. The highest BCUT2D eigenvalue weighted by Gasteiger charge is 2.28. The van der Waals surface area contributed by atoms with Gasteiger partial charge in [-0.3, -0.25) is 9.59 Å². The van der Waals surface area contributed by atoms with E-state index in [4.69, 9.17) is 10.2 Å². The first-order valence-corrected chi connectivity index (χ1v) is 6.86. The molecule has 0 aliphatic heterocycles. The highest BCUT2D eigenvalue weighted by molar-refractivity contribution is 8.04. The van der Waals surface area contributed by atoms with Crippen LogP contribution < -0.4 is 0 Å². The van der Waals surface area contributed by atoms with Crippen LogP contribution in [0.1, 0.15) is 19.3 Å². The predicted molar refractivity (Wildman–Crippen MR) is 61.6 cm³/mol. The van der Waals surface area contributed by atoms with Crippen LogP contribution in [-0.2, 0) is 9.59 Å². The monoisotopic (exact) mass is 250 g/mol. The number of aliphatic carboxylic acids is 2. The van der Waals surface area contributed by atoms with Gasteiger partial charge in [0.1, 0.15) is 0 Å². The molecule has 0 heterocycles. The van der Waals surface area contributed by atoms with E-state index in [9.17, 15) is 9.59 Å². The molecule has 2 atom stereocenters. The van der Waals surface area contributed by atoms with Crippen molar-refractivity contribution in [1.29, 1.82) is 0 Å². The van der Waals surface area contributed by atoms with Crippen LogP contribution in [0.4, 0.5) is 0 Å². The normalized spacial score (nSPS) is 25.3. The molecule has 0 bridgehead atoms. The zero-order valence-corrected chi connectivity index (χ0v) is 9.85. The van der Waals surface area contributed by atoms with Crippen molar-refractivity contribution >= 4 is 35.5 Å². The summed E-state index contributed by atoms with van der Waals surface area (Å²) in [6.07, 6.45) is 3.10. The molecule has 0 aromatic heterocycles. The fraction of sp³-hybridized carbons (Fsp3) is 0.778. The quantitative estimate of drug-likeness (QED) is 0.745. The van der Waals surface area contributed by atoms with E-state index in [1.807, 2.05) is 0 Å². The molecule has 1 fully saturated rings. The number of hydrogen-bond donors (Lipinski definition) is 2. The minimum Gasteiger partial charge on any atom is -0.481 e. The lowest BCUT2D eigenvalue weighted by Gasteiger charge is -2.16. The van der Waals surface area contributed by atoms with E-state index in [0.717, 1.165) is 19.3 Å². The number of carboxylic acid groups (broad SMARTS) is 2. The Bertz CT molecular complexity index is 220. The molecule has 4 nitrogen and oxygen atoms in total. The van der Waals surface area contributed by atoms with Crippen LogP contribution in [-0.4, -0.2) is 44.2 Å². The summed E-state index contributed by atoms with van der Waals surface area (Å²) in [4.78, 5) is 20.8.